The van der Waals surface area contributed by atoms with Crippen LogP contribution in [0.1, 0.15) is 18.5 Å². The smallest absolute Gasteiger partial charge is 0.319 e. The normalized spacial score (nSPS) is 11.8. The number of para-hydroxylation sites is 1. The Labute approximate surface area is 119 Å². The van der Waals surface area contributed by atoms with Crippen LogP contribution in [0.2, 0.25) is 0 Å². The molecule has 0 aromatic heterocycles. The summed E-state index contributed by atoms with van der Waals surface area (Å²) in [5, 5.41) is 4.86. The van der Waals surface area contributed by atoms with Gasteiger partial charge >= 0.3 is 6.03 Å². The fourth-order valence-electron chi connectivity index (χ4n) is 1.78. The van der Waals surface area contributed by atoms with Crippen LogP contribution in [-0.2, 0) is 0 Å². The van der Waals surface area contributed by atoms with Crippen molar-refractivity contribution >= 4 is 11.7 Å². The van der Waals surface area contributed by atoms with Gasteiger partial charge in [-0.2, -0.15) is 0 Å². The predicted molar refractivity (Wildman–Crippen MR) is 73.3 cm³/mol. The first-order valence-corrected chi connectivity index (χ1v) is 6.24. The number of hydrogen-bond donors (Lipinski definition) is 2. The Hall–Kier alpha value is -2.50. The topological polar surface area (TPSA) is 41.1 Å². The molecular weight excluding hydrogens is 281 g/mol. The fraction of sp³-hybridized carbons (Fsp3) is 0.133. The van der Waals surface area contributed by atoms with Crippen LogP contribution in [0.15, 0.2) is 42.5 Å². The van der Waals surface area contributed by atoms with E-state index in [9.17, 15) is 18.0 Å². The van der Waals surface area contributed by atoms with E-state index >= 15 is 0 Å². The van der Waals surface area contributed by atoms with Gasteiger partial charge in [-0.3, -0.25) is 0 Å². The van der Waals surface area contributed by atoms with E-state index in [2.05, 4.69) is 10.6 Å². The lowest BCUT2D eigenvalue weighted by molar-refractivity contribution is 0.249. The van der Waals surface area contributed by atoms with Crippen LogP contribution >= 0.6 is 0 Å². The van der Waals surface area contributed by atoms with Gasteiger partial charge in [-0.05, 0) is 36.8 Å². The summed E-state index contributed by atoms with van der Waals surface area (Å²) in [6.45, 7) is 1.60. The van der Waals surface area contributed by atoms with Crippen molar-refractivity contribution in [1.29, 1.82) is 0 Å². The van der Waals surface area contributed by atoms with Crippen molar-refractivity contribution in [2.24, 2.45) is 0 Å². The summed E-state index contributed by atoms with van der Waals surface area (Å²) in [6.07, 6.45) is 0. The number of hydrogen-bond acceptors (Lipinski definition) is 1. The molecule has 0 heterocycles. The molecule has 0 saturated carbocycles. The van der Waals surface area contributed by atoms with E-state index in [0.717, 1.165) is 12.1 Å². The zero-order chi connectivity index (χ0) is 15.4. The Morgan fingerprint density at radius 3 is 2.38 bits per heavy atom. The Balaban J connectivity index is 2.02. The summed E-state index contributed by atoms with van der Waals surface area (Å²) in [6, 6.07) is 7.86. The third-order valence-corrected chi connectivity index (χ3v) is 2.91. The van der Waals surface area contributed by atoms with Crippen LogP contribution in [0.25, 0.3) is 0 Å². The summed E-state index contributed by atoms with van der Waals surface area (Å²) in [5.41, 5.74) is 0.435. The molecular formula is C15H13F3N2O. The van der Waals surface area contributed by atoms with Gasteiger partial charge in [0.25, 0.3) is 0 Å². The summed E-state index contributed by atoms with van der Waals surface area (Å²) in [4.78, 5) is 11.7. The Morgan fingerprint density at radius 2 is 1.71 bits per heavy atom. The second kappa shape index (κ2) is 6.30. The van der Waals surface area contributed by atoms with Crippen LogP contribution in [0.4, 0.5) is 23.7 Å². The molecule has 0 bridgehead atoms. The lowest BCUT2D eigenvalue weighted by Gasteiger charge is -2.15. The Kier molecular flexibility index (Phi) is 4.47. The van der Waals surface area contributed by atoms with Crippen LogP contribution < -0.4 is 10.6 Å². The number of carbonyl (C=O) groups is 1. The molecule has 0 aliphatic rings. The molecule has 6 heteroatoms. The highest BCUT2D eigenvalue weighted by atomic mass is 19.2. The molecule has 0 spiro atoms. The van der Waals surface area contributed by atoms with E-state index in [-0.39, 0.29) is 5.69 Å². The minimum Gasteiger partial charge on any atom is -0.331 e. The van der Waals surface area contributed by atoms with Gasteiger partial charge in [0, 0.05) is 0 Å². The highest BCUT2D eigenvalue weighted by molar-refractivity contribution is 5.89. The zero-order valence-corrected chi connectivity index (χ0v) is 11.2. The molecule has 2 aromatic carbocycles. The number of anilines is 1. The van der Waals surface area contributed by atoms with Crippen molar-refractivity contribution in [3.05, 3.63) is 65.5 Å². The molecule has 1 unspecified atom stereocenters. The van der Waals surface area contributed by atoms with Crippen LogP contribution in [0, 0.1) is 17.5 Å². The molecule has 110 valence electrons. The fourth-order valence-corrected chi connectivity index (χ4v) is 1.78. The number of amides is 2. The van der Waals surface area contributed by atoms with Gasteiger partial charge in [-0.15, -0.1) is 0 Å². The molecule has 2 amide bonds. The van der Waals surface area contributed by atoms with Crippen LogP contribution in [0.5, 0.6) is 0 Å². The standard InChI is InChI=1S/C15H13F3N2O/c1-9(10-6-7-11(16)13(18)8-10)19-15(21)20-14-5-3-2-4-12(14)17/h2-9H,1H3,(H2,19,20,21). The molecule has 0 aliphatic heterocycles. The van der Waals surface area contributed by atoms with Crippen molar-refractivity contribution in [3.8, 4) is 0 Å². The first-order valence-electron chi connectivity index (χ1n) is 6.24. The number of carbonyl (C=O) groups excluding carboxylic acids is 1. The van der Waals surface area contributed by atoms with Gasteiger partial charge in [-0.1, -0.05) is 18.2 Å². The molecule has 2 aromatic rings. The maximum atomic E-state index is 13.4. The molecule has 2 rings (SSSR count). The summed E-state index contributed by atoms with van der Waals surface area (Å²) in [7, 11) is 0. The number of nitrogens with one attached hydrogen (secondary N) is 2. The van der Waals surface area contributed by atoms with Crippen molar-refractivity contribution in [2.45, 2.75) is 13.0 Å². The quantitative estimate of drug-likeness (QED) is 0.883. The molecule has 2 N–H and O–H groups in total. The maximum absolute atomic E-state index is 13.4. The number of halogens is 3. The molecule has 3 nitrogen and oxygen atoms in total. The highest BCUT2D eigenvalue weighted by Crippen LogP contribution is 2.17. The van der Waals surface area contributed by atoms with Crippen LogP contribution in [-0.4, -0.2) is 6.03 Å². The van der Waals surface area contributed by atoms with Crippen molar-refractivity contribution in [2.75, 3.05) is 5.32 Å². The molecule has 0 radical (unpaired) electrons. The predicted octanol–water partition coefficient (Wildman–Crippen LogP) is 3.99. The number of urea groups is 1. The van der Waals surface area contributed by atoms with E-state index in [1.165, 1.54) is 24.3 Å². The van der Waals surface area contributed by atoms with E-state index in [1.54, 1.807) is 13.0 Å². The maximum Gasteiger partial charge on any atom is 0.319 e. The van der Waals surface area contributed by atoms with Crippen molar-refractivity contribution in [1.82, 2.24) is 5.32 Å². The van der Waals surface area contributed by atoms with Gasteiger partial charge in [0.1, 0.15) is 5.82 Å². The molecule has 1 atom stereocenters. The van der Waals surface area contributed by atoms with E-state index in [1.807, 2.05) is 0 Å². The lowest BCUT2D eigenvalue weighted by Crippen LogP contribution is -2.31. The third-order valence-electron chi connectivity index (χ3n) is 2.91. The first kappa shape index (κ1) is 14.9. The molecule has 0 aliphatic carbocycles. The monoisotopic (exact) mass is 294 g/mol. The highest BCUT2D eigenvalue weighted by Gasteiger charge is 2.13. The van der Waals surface area contributed by atoms with Gasteiger partial charge in [0.15, 0.2) is 11.6 Å². The average molecular weight is 294 g/mol. The number of rotatable bonds is 3. The molecule has 0 saturated heterocycles. The minimum atomic E-state index is -0.990. The second-order valence-electron chi connectivity index (χ2n) is 4.47. The lowest BCUT2D eigenvalue weighted by atomic mass is 10.1. The minimum absolute atomic E-state index is 0.0347. The number of benzene rings is 2. The second-order valence-corrected chi connectivity index (χ2v) is 4.47. The third kappa shape index (κ3) is 3.75. The van der Waals surface area contributed by atoms with E-state index in [4.69, 9.17) is 0 Å². The van der Waals surface area contributed by atoms with Crippen molar-refractivity contribution < 1.29 is 18.0 Å². The largest absolute Gasteiger partial charge is 0.331 e. The SMILES string of the molecule is CC(NC(=O)Nc1ccccc1F)c1ccc(F)c(F)c1. The van der Waals surface area contributed by atoms with Crippen LogP contribution in [0.3, 0.4) is 0 Å². The summed E-state index contributed by atoms with van der Waals surface area (Å²) < 4.78 is 39.3. The molecule has 0 fully saturated rings. The van der Waals surface area contributed by atoms with E-state index < -0.39 is 29.5 Å². The Morgan fingerprint density at radius 1 is 1.00 bits per heavy atom. The molecule has 21 heavy (non-hydrogen) atoms. The summed E-state index contributed by atoms with van der Waals surface area (Å²) >= 11 is 0. The first-order chi connectivity index (χ1) is 9.97. The Bertz CT molecular complexity index is 661. The van der Waals surface area contributed by atoms with Gasteiger partial charge < -0.3 is 10.6 Å². The van der Waals surface area contributed by atoms with Gasteiger partial charge in [0.2, 0.25) is 0 Å². The van der Waals surface area contributed by atoms with E-state index in [0.29, 0.717) is 5.56 Å². The van der Waals surface area contributed by atoms with Gasteiger partial charge in [0.05, 0.1) is 11.7 Å². The van der Waals surface area contributed by atoms with Crippen molar-refractivity contribution in [3.63, 3.8) is 0 Å². The zero-order valence-electron chi connectivity index (χ0n) is 11.2. The average Bonchev–Trinajstić information content (AvgIpc) is 2.44. The van der Waals surface area contributed by atoms with Gasteiger partial charge in [-0.25, -0.2) is 18.0 Å². The summed E-state index contributed by atoms with van der Waals surface area (Å²) in [5.74, 6) is -2.51.